The summed E-state index contributed by atoms with van der Waals surface area (Å²) in [5.74, 6) is -0.219. The van der Waals surface area contributed by atoms with Crippen molar-refractivity contribution in [2.75, 3.05) is 26.2 Å². The number of halogens is 1. The first-order valence-electron chi connectivity index (χ1n) is 7.28. The zero-order valence-corrected chi connectivity index (χ0v) is 12.2. The summed E-state index contributed by atoms with van der Waals surface area (Å²) < 4.78 is 15.5. The first kappa shape index (κ1) is 14.6. The molecule has 116 valence electrons. The number of nitrogens with zero attached hydrogens (tertiary/aromatic N) is 5. The van der Waals surface area contributed by atoms with E-state index in [0.29, 0.717) is 25.2 Å². The molecule has 0 bridgehead atoms. The number of hydrogen-bond donors (Lipinski definition) is 0. The van der Waals surface area contributed by atoms with Crippen LogP contribution in [0.4, 0.5) is 4.39 Å². The first-order valence-corrected chi connectivity index (χ1v) is 7.28. The number of carbonyl (C=O) groups excluding carboxylic acids is 1. The Morgan fingerprint density at radius 3 is 2.59 bits per heavy atom. The average molecular weight is 303 g/mol. The van der Waals surface area contributed by atoms with Crippen LogP contribution >= 0.6 is 0 Å². The van der Waals surface area contributed by atoms with Crippen molar-refractivity contribution in [1.29, 1.82) is 0 Å². The smallest absolute Gasteiger partial charge is 0.237 e. The number of carbonyl (C=O) groups is 1. The van der Waals surface area contributed by atoms with Gasteiger partial charge in [-0.25, -0.2) is 4.39 Å². The molecule has 2 heterocycles. The maximum Gasteiger partial charge on any atom is 0.237 e. The number of amides is 1. The van der Waals surface area contributed by atoms with Crippen LogP contribution < -0.4 is 0 Å². The predicted molar refractivity (Wildman–Crippen MR) is 78.3 cm³/mol. The fraction of sp³-hybridized carbons (Fsp3) is 0.400. The lowest BCUT2D eigenvalue weighted by Gasteiger charge is -2.34. The Morgan fingerprint density at radius 2 is 1.86 bits per heavy atom. The average Bonchev–Trinajstić information content (AvgIpc) is 3.03. The zero-order valence-electron chi connectivity index (χ0n) is 12.2. The molecule has 1 saturated heterocycles. The SMILES string of the molecule is O=C1CN(CCn2cnnc2)CCN1Cc1ccccc1F. The number of benzene rings is 1. The van der Waals surface area contributed by atoms with E-state index in [9.17, 15) is 9.18 Å². The lowest BCUT2D eigenvalue weighted by molar-refractivity contribution is -0.136. The number of aromatic nitrogens is 3. The summed E-state index contributed by atoms with van der Waals surface area (Å²) in [5, 5.41) is 7.50. The lowest BCUT2D eigenvalue weighted by atomic mass is 10.2. The molecule has 0 spiro atoms. The van der Waals surface area contributed by atoms with E-state index >= 15 is 0 Å². The predicted octanol–water partition coefficient (Wildman–Crippen LogP) is 0.762. The van der Waals surface area contributed by atoms with Gasteiger partial charge in [-0.2, -0.15) is 0 Å². The van der Waals surface area contributed by atoms with Gasteiger partial charge in [0.2, 0.25) is 5.91 Å². The molecule has 7 heteroatoms. The molecule has 0 N–H and O–H groups in total. The third-order valence-corrected chi connectivity index (χ3v) is 3.86. The van der Waals surface area contributed by atoms with Gasteiger partial charge in [-0.05, 0) is 6.07 Å². The minimum Gasteiger partial charge on any atom is -0.336 e. The van der Waals surface area contributed by atoms with Crippen LogP contribution in [0.1, 0.15) is 5.56 Å². The minimum atomic E-state index is -0.259. The Balaban J connectivity index is 1.52. The molecule has 1 fully saturated rings. The van der Waals surface area contributed by atoms with Crippen molar-refractivity contribution in [2.24, 2.45) is 0 Å². The fourth-order valence-electron chi connectivity index (χ4n) is 2.54. The second-order valence-electron chi connectivity index (χ2n) is 5.38. The van der Waals surface area contributed by atoms with Gasteiger partial charge in [-0.1, -0.05) is 18.2 Å². The molecule has 0 unspecified atom stereocenters. The van der Waals surface area contributed by atoms with Crippen molar-refractivity contribution in [3.63, 3.8) is 0 Å². The van der Waals surface area contributed by atoms with Crippen molar-refractivity contribution in [1.82, 2.24) is 24.6 Å². The molecule has 1 amide bonds. The number of hydrogen-bond acceptors (Lipinski definition) is 4. The quantitative estimate of drug-likeness (QED) is 0.818. The van der Waals surface area contributed by atoms with E-state index in [1.165, 1.54) is 6.07 Å². The third kappa shape index (κ3) is 3.48. The Morgan fingerprint density at radius 1 is 1.09 bits per heavy atom. The molecule has 6 nitrogen and oxygen atoms in total. The summed E-state index contributed by atoms with van der Waals surface area (Å²) in [7, 11) is 0. The maximum atomic E-state index is 13.7. The standard InChI is InChI=1S/C15H18FN5O/c16-14-4-2-1-3-13(14)9-21-8-7-19(10-15(21)22)5-6-20-11-17-18-12-20/h1-4,11-12H,5-10H2. The van der Waals surface area contributed by atoms with Gasteiger partial charge in [0, 0.05) is 38.3 Å². The van der Waals surface area contributed by atoms with Crippen molar-refractivity contribution < 1.29 is 9.18 Å². The van der Waals surface area contributed by atoms with E-state index in [2.05, 4.69) is 15.1 Å². The van der Waals surface area contributed by atoms with Crippen molar-refractivity contribution in [3.8, 4) is 0 Å². The molecule has 0 aliphatic carbocycles. The maximum absolute atomic E-state index is 13.7. The van der Waals surface area contributed by atoms with E-state index in [1.54, 1.807) is 35.8 Å². The van der Waals surface area contributed by atoms with Crippen LogP contribution in [-0.2, 0) is 17.9 Å². The molecule has 22 heavy (non-hydrogen) atoms. The highest BCUT2D eigenvalue weighted by Crippen LogP contribution is 2.12. The Bertz CT molecular complexity index is 631. The summed E-state index contributed by atoms with van der Waals surface area (Å²) in [6.07, 6.45) is 3.33. The molecular formula is C15H18FN5O. The van der Waals surface area contributed by atoms with Crippen molar-refractivity contribution in [3.05, 3.63) is 48.3 Å². The molecule has 0 saturated carbocycles. The summed E-state index contributed by atoms with van der Waals surface area (Å²) in [6, 6.07) is 6.60. The fourth-order valence-corrected chi connectivity index (χ4v) is 2.54. The lowest BCUT2D eigenvalue weighted by Crippen LogP contribution is -2.50. The molecule has 3 rings (SSSR count). The van der Waals surface area contributed by atoms with Gasteiger partial charge in [-0.3, -0.25) is 9.69 Å². The summed E-state index contributed by atoms with van der Waals surface area (Å²) in [5.41, 5.74) is 0.564. The van der Waals surface area contributed by atoms with Crippen LogP contribution in [0.2, 0.25) is 0 Å². The highest BCUT2D eigenvalue weighted by atomic mass is 19.1. The largest absolute Gasteiger partial charge is 0.336 e. The minimum absolute atomic E-state index is 0.0401. The van der Waals surface area contributed by atoms with Gasteiger partial charge in [0.05, 0.1) is 6.54 Å². The number of rotatable bonds is 5. The second-order valence-corrected chi connectivity index (χ2v) is 5.38. The van der Waals surface area contributed by atoms with E-state index in [1.807, 2.05) is 4.57 Å². The topological polar surface area (TPSA) is 54.3 Å². The number of piperazine rings is 1. The first-order chi connectivity index (χ1) is 10.7. The molecule has 1 aliphatic heterocycles. The van der Waals surface area contributed by atoms with Crippen LogP contribution in [0, 0.1) is 5.82 Å². The summed E-state index contributed by atoms with van der Waals surface area (Å²) >= 11 is 0. The highest BCUT2D eigenvalue weighted by Gasteiger charge is 2.24. The van der Waals surface area contributed by atoms with Gasteiger partial charge in [-0.15, -0.1) is 10.2 Å². The Labute approximate surface area is 128 Å². The van der Waals surface area contributed by atoms with Gasteiger partial charge in [0.15, 0.2) is 0 Å². The Kier molecular flexibility index (Phi) is 4.43. The van der Waals surface area contributed by atoms with Gasteiger partial charge >= 0.3 is 0 Å². The van der Waals surface area contributed by atoms with Gasteiger partial charge in [0.1, 0.15) is 18.5 Å². The molecule has 1 aromatic carbocycles. The molecule has 1 aromatic heterocycles. The Hall–Kier alpha value is -2.28. The van der Waals surface area contributed by atoms with Gasteiger partial charge in [0.25, 0.3) is 0 Å². The second kappa shape index (κ2) is 6.65. The van der Waals surface area contributed by atoms with E-state index < -0.39 is 0 Å². The monoisotopic (exact) mass is 303 g/mol. The van der Waals surface area contributed by atoms with Gasteiger partial charge < -0.3 is 9.47 Å². The van der Waals surface area contributed by atoms with E-state index in [4.69, 9.17) is 0 Å². The molecular weight excluding hydrogens is 285 g/mol. The van der Waals surface area contributed by atoms with E-state index in [0.717, 1.165) is 19.6 Å². The molecule has 1 aliphatic rings. The highest BCUT2D eigenvalue weighted by molar-refractivity contribution is 5.79. The van der Waals surface area contributed by atoms with Crippen LogP contribution in [0.3, 0.4) is 0 Å². The van der Waals surface area contributed by atoms with Crippen LogP contribution in [-0.4, -0.2) is 56.7 Å². The summed E-state index contributed by atoms with van der Waals surface area (Å²) in [4.78, 5) is 16.0. The van der Waals surface area contributed by atoms with Crippen molar-refractivity contribution >= 4 is 5.91 Å². The van der Waals surface area contributed by atoms with Crippen molar-refractivity contribution in [2.45, 2.75) is 13.1 Å². The van der Waals surface area contributed by atoms with Crippen LogP contribution in [0.25, 0.3) is 0 Å². The molecule has 2 aromatic rings. The molecule has 0 radical (unpaired) electrons. The van der Waals surface area contributed by atoms with E-state index in [-0.39, 0.29) is 11.7 Å². The van der Waals surface area contributed by atoms with Crippen LogP contribution in [0.5, 0.6) is 0 Å². The summed E-state index contributed by atoms with van der Waals surface area (Å²) in [6.45, 7) is 3.66. The zero-order chi connectivity index (χ0) is 15.4. The molecule has 0 atom stereocenters. The van der Waals surface area contributed by atoms with Crippen LogP contribution in [0.15, 0.2) is 36.9 Å². The normalized spacial score (nSPS) is 16.2. The third-order valence-electron chi connectivity index (χ3n) is 3.86.